The van der Waals surface area contributed by atoms with Crippen molar-refractivity contribution in [3.8, 4) is 0 Å². The van der Waals surface area contributed by atoms with Crippen LogP contribution >= 0.6 is 0 Å². The molecule has 0 heterocycles. The van der Waals surface area contributed by atoms with Gasteiger partial charge in [-0.15, -0.1) is 0 Å². The fraction of sp³-hybridized carbons (Fsp3) is 0.538. The Bertz CT molecular complexity index is 406. The van der Waals surface area contributed by atoms with Gasteiger partial charge >= 0.3 is 6.18 Å². The van der Waals surface area contributed by atoms with Crippen molar-refractivity contribution < 1.29 is 22.7 Å². The van der Waals surface area contributed by atoms with Crippen LogP contribution < -0.4 is 5.32 Å². The molecule has 0 aliphatic rings. The molecule has 0 radical (unpaired) electrons. The van der Waals surface area contributed by atoms with Gasteiger partial charge in [0.1, 0.15) is 5.82 Å². The minimum Gasteiger partial charge on any atom is -0.396 e. The van der Waals surface area contributed by atoms with Crippen LogP contribution in [0.3, 0.4) is 0 Å². The third kappa shape index (κ3) is 5.16. The number of hydrogen-bond acceptors (Lipinski definition) is 2. The van der Waals surface area contributed by atoms with Crippen LogP contribution in [0.4, 0.5) is 17.6 Å². The van der Waals surface area contributed by atoms with Crippen molar-refractivity contribution >= 4 is 0 Å². The highest BCUT2D eigenvalue weighted by atomic mass is 19.4. The molecular formula is C13H17F4NO. The SMILES string of the molecule is CC(CCCO)NCc1ccc(F)cc1C(F)(F)F. The van der Waals surface area contributed by atoms with Gasteiger partial charge < -0.3 is 10.4 Å². The van der Waals surface area contributed by atoms with Gasteiger partial charge in [0.2, 0.25) is 0 Å². The summed E-state index contributed by atoms with van der Waals surface area (Å²) in [6.07, 6.45) is -3.31. The van der Waals surface area contributed by atoms with Crippen molar-refractivity contribution in [2.24, 2.45) is 0 Å². The second-order valence-electron chi connectivity index (χ2n) is 4.45. The molecule has 0 fully saturated rings. The summed E-state index contributed by atoms with van der Waals surface area (Å²) in [6.45, 7) is 1.89. The summed E-state index contributed by atoms with van der Waals surface area (Å²) in [6, 6.07) is 2.66. The molecule has 0 aliphatic heterocycles. The van der Waals surface area contributed by atoms with Gasteiger partial charge in [0.05, 0.1) is 5.56 Å². The summed E-state index contributed by atoms with van der Waals surface area (Å²) in [4.78, 5) is 0. The number of rotatable bonds is 6. The van der Waals surface area contributed by atoms with Crippen molar-refractivity contribution in [2.45, 2.75) is 38.5 Å². The van der Waals surface area contributed by atoms with Crippen molar-refractivity contribution in [1.29, 1.82) is 0 Å². The molecule has 6 heteroatoms. The lowest BCUT2D eigenvalue weighted by atomic mass is 10.1. The molecule has 1 rings (SSSR count). The first-order chi connectivity index (χ1) is 8.84. The fourth-order valence-electron chi connectivity index (χ4n) is 1.75. The second kappa shape index (κ2) is 6.86. The van der Waals surface area contributed by atoms with Crippen LogP contribution in [0.25, 0.3) is 0 Å². The van der Waals surface area contributed by atoms with E-state index in [2.05, 4.69) is 5.32 Å². The summed E-state index contributed by atoms with van der Waals surface area (Å²) >= 11 is 0. The molecule has 2 nitrogen and oxygen atoms in total. The fourth-order valence-corrected chi connectivity index (χ4v) is 1.75. The van der Waals surface area contributed by atoms with Crippen LogP contribution in [0.15, 0.2) is 18.2 Å². The van der Waals surface area contributed by atoms with E-state index < -0.39 is 17.6 Å². The number of hydrogen-bond donors (Lipinski definition) is 2. The molecule has 1 atom stereocenters. The maximum absolute atomic E-state index is 12.9. The Balaban J connectivity index is 2.73. The molecule has 0 saturated carbocycles. The van der Waals surface area contributed by atoms with E-state index in [1.807, 2.05) is 6.92 Å². The first-order valence-corrected chi connectivity index (χ1v) is 6.04. The summed E-state index contributed by atoms with van der Waals surface area (Å²) in [5.41, 5.74) is -0.931. The quantitative estimate of drug-likeness (QED) is 0.784. The highest BCUT2D eigenvalue weighted by Crippen LogP contribution is 2.32. The van der Waals surface area contributed by atoms with Gasteiger partial charge in [-0.05, 0) is 37.5 Å². The zero-order valence-electron chi connectivity index (χ0n) is 10.6. The van der Waals surface area contributed by atoms with Gasteiger partial charge in [-0.1, -0.05) is 6.07 Å². The number of halogens is 4. The van der Waals surface area contributed by atoms with Crippen LogP contribution in [0.1, 0.15) is 30.9 Å². The Kier molecular flexibility index (Phi) is 5.75. The summed E-state index contributed by atoms with van der Waals surface area (Å²) in [7, 11) is 0. The molecule has 0 spiro atoms. The lowest BCUT2D eigenvalue weighted by Crippen LogP contribution is -2.27. The highest BCUT2D eigenvalue weighted by Gasteiger charge is 2.33. The number of aliphatic hydroxyl groups is 1. The minimum atomic E-state index is -4.56. The standard InChI is InChI=1S/C13H17F4NO/c1-9(3-2-6-19)18-8-10-4-5-11(14)7-12(10)13(15,16)17/h4-5,7,9,18-19H,2-3,6,8H2,1H3. The molecule has 1 aromatic carbocycles. The number of aliphatic hydroxyl groups excluding tert-OH is 1. The van der Waals surface area contributed by atoms with E-state index in [1.165, 1.54) is 0 Å². The molecule has 0 amide bonds. The lowest BCUT2D eigenvalue weighted by Gasteiger charge is -2.17. The molecule has 1 aromatic rings. The van der Waals surface area contributed by atoms with Crippen molar-refractivity contribution in [3.63, 3.8) is 0 Å². The first-order valence-electron chi connectivity index (χ1n) is 6.04. The van der Waals surface area contributed by atoms with Crippen LogP contribution in [0, 0.1) is 5.82 Å². The number of benzene rings is 1. The average molecular weight is 279 g/mol. The molecular weight excluding hydrogens is 262 g/mol. The summed E-state index contributed by atoms with van der Waals surface area (Å²) in [5, 5.41) is 11.6. The van der Waals surface area contributed by atoms with Crippen LogP contribution in [0.2, 0.25) is 0 Å². The minimum absolute atomic E-state index is 0.0155. The molecule has 1 unspecified atom stereocenters. The van der Waals surface area contributed by atoms with E-state index in [4.69, 9.17) is 5.11 Å². The summed E-state index contributed by atoms with van der Waals surface area (Å²) in [5.74, 6) is -0.899. The van der Waals surface area contributed by atoms with E-state index in [-0.39, 0.29) is 24.8 Å². The zero-order valence-corrected chi connectivity index (χ0v) is 10.6. The predicted molar refractivity (Wildman–Crippen MR) is 64.0 cm³/mol. The van der Waals surface area contributed by atoms with Crippen LogP contribution in [0.5, 0.6) is 0 Å². The maximum atomic E-state index is 12.9. The predicted octanol–water partition coefficient (Wildman–Crippen LogP) is 3.10. The molecule has 19 heavy (non-hydrogen) atoms. The topological polar surface area (TPSA) is 32.3 Å². The normalized spacial score (nSPS) is 13.6. The Morgan fingerprint density at radius 1 is 1.32 bits per heavy atom. The lowest BCUT2D eigenvalue weighted by molar-refractivity contribution is -0.138. The zero-order chi connectivity index (χ0) is 14.5. The van der Waals surface area contributed by atoms with Gasteiger partial charge in [-0.25, -0.2) is 4.39 Å². The second-order valence-corrected chi connectivity index (χ2v) is 4.45. The third-order valence-corrected chi connectivity index (χ3v) is 2.81. The van der Waals surface area contributed by atoms with Crippen molar-refractivity contribution in [3.05, 3.63) is 35.1 Å². The van der Waals surface area contributed by atoms with Gasteiger partial charge in [0, 0.05) is 19.2 Å². The average Bonchev–Trinajstić information content (AvgIpc) is 2.33. The van der Waals surface area contributed by atoms with Crippen molar-refractivity contribution in [2.75, 3.05) is 6.61 Å². The van der Waals surface area contributed by atoms with Crippen LogP contribution in [-0.4, -0.2) is 17.8 Å². The molecule has 0 bridgehead atoms. The molecule has 0 aliphatic carbocycles. The molecule has 0 saturated heterocycles. The highest BCUT2D eigenvalue weighted by molar-refractivity contribution is 5.30. The number of nitrogens with one attached hydrogen (secondary N) is 1. The molecule has 108 valence electrons. The Labute approximate surface area is 109 Å². The first kappa shape index (κ1) is 15.9. The number of alkyl halides is 3. The Morgan fingerprint density at radius 2 is 2.00 bits per heavy atom. The summed E-state index contributed by atoms with van der Waals surface area (Å²) < 4.78 is 51.1. The maximum Gasteiger partial charge on any atom is 0.416 e. The Morgan fingerprint density at radius 3 is 2.58 bits per heavy atom. The van der Waals surface area contributed by atoms with Gasteiger partial charge in [0.25, 0.3) is 0 Å². The Hall–Kier alpha value is -1.14. The monoisotopic (exact) mass is 279 g/mol. The smallest absolute Gasteiger partial charge is 0.396 e. The largest absolute Gasteiger partial charge is 0.416 e. The van der Waals surface area contributed by atoms with E-state index in [9.17, 15) is 17.6 Å². The van der Waals surface area contributed by atoms with E-state index in [0.717, 1.165) is 12.1 Å². The van der Waals surface area contributed by atoms with Crippen LogP contribution in [-0.2, 0) is 12.7 Å². The van der Waals surface area contributed by atoms with Gasteiger partial charge in [-0.2, -0.15) is 13.2 Å². The van der Waals surface area contributed by atoms with E-state index in [0.29, 0.717) is 18.9 Å². The van der Waals surface area contributed by atoms with Gasteiger partial charge in [-0.3, -0.25) is 0 Å². The molecule has 2 N–H and O–H groups in total. The van der Waals surface area contributed by atoms with Gasteiger partial charge in [0.15, 0.2) is 0 Å². The third-order valence-electron chi connectivity index (χ3n) is 2.81. The van der Waals surface area contributed by atoms with E-state index >= 15 is 0 Å². The molecule has 0 aromatic heterocycles. The van der Waals surface area contributed by atoms with Crippen molar-refractivity contribution in [1.82, 2.24) is 5.32 Å². The van der Waals surface area contributed by atoms with E-state index in [1.54, 1.807) is 0 Å².